The van der Waals surface area contributed by atoms with Gasteiger partial charge in [-0.25, -0.2) is 9.83 Å². The highest BCUT2D eigenvalue weighted by Crippen LogP contribution is 2.31. The van der Waals surface area contributed by atoms with Crippen molar-refractivity contribution in [1.82, 2.24) is 19.3 Å². The zero-order valence-corrected chi connectivity index (χ0v) is 17.7. The fourth-order valence-corrected chi connectivity index (χ4v) is 3.91. The van der Waals surface area contributed by atoms with E-state index in [1.54, 1.807) is 34.6 Å². The van der Waals surface area contributed by atoms with Gasteiger partial charge in [0.15, 0.2) is 5.69 Å². The molecule has 1 fully saturated rings. The second kappa shape index (κ2) is 8.15. The van der Waals surface area contributed by atoms with Crippen molar-refractivity contribution in [3.63, 3.8) is 0 Å². The molecule has 1 aromatic carbocycles. The molecule has 3 aromatic rings. The van der Waals surface area contributed by atoms with Crippen LogP contribution >= 0.6 is 0 Å². The lowest BCUT2D eigenvalue weighted by atomic mass is 9.99. The number of aromatic nitrogens is 4. The second-order valence-corrected chi connectivity index (χ2v) is 7.91. The van der Waals surface area contributed by atoms with Gasteiger partial charge in [0.2, 0.25) is 5.95 Å². The first-order valence-corrected chi connectivity index (χ1v) is 10.4. The summed E-state index contributed by atoms with van der Waals surface area (Å²) >= 11 is 0. The van der Waals surface area contributed by atoms with Gasteiger partial charge in [0.1, 0.15) is 0 Å². The molecule has 0 spiro atoms. The number of anilines is 1. The Morgan fingerprint density at radius 2 is 1.87 bits per heavy atom. The molecule has 0 atom stereocenters. The van der Waals surface area contributed by atoms with E-state index in [4.69, 9.17) is 11.6 Å². The van der Waals surface area contributed by atoms with E-state index in [9.17, 15) is 4.79 Å². The van der Waals surface area contributed by atoms with Crippen molar-refractivity contribution in [2.24, 2.45) is 13.0 Å². The Labute approximate surface area is 176 Å². The number of nitrogens with zero attached hydrogens (tertiary/aromatic N) is 6. The third kappa shape index (κ3) is 3.61. The summed E-state index contributed by atoms with van der Waals surface area (Å²) in [5.41, 5.74) is 3.24. The molecule has 1 saturated heterocycles. The van der Waals surface area contributed by atoms with Gasteiger partial charge in [-0.2, -0.15) is 5.10 Å². The predicted molar refractivity (Wildman–Crippen MR) is 119 cm³/mol. The van der Waals surface area contributed by atoms with Crippen LogP contribution in [-0.2, 0) is 13.6 Å². The van der Waals surface area contributed by atoms with Crippen molar-refractivity contribution in [3.05, 3.63) is 58.4 Å². The number of hydrogen-bond donors (Lipinski definition) is 0. The molecule has 4 rings (SSSR count). The van der Waals surface area contributed by atoms with E-state index in [1.165, 1.54) is 0 Å². The highest BCUT2D eigenvalue weighted by molar-refractivity contribution is 5.81. The number of benzene rings is 1. The highest BCUT2D eigenvalue weighted by atomic mass is 16.1. The van der Waals surface area contributed by atoms with Crippen LogP contribution in [0.15, 0.2) is 41.5 Å². The number of piperidine rings is 1. The van der Waals surface area contributed by atoms with E-state index in [2.05, 4.69) is 21.8 Å². The van der Waals surface area contributed by atoms with Crippen LogP contribution in [0.25, 0.3) is 27.2 Å². The average Bonchev–Trinajstić information content (AvgIpc) is 3.25. The Morgan fingerprint density at radius 3 is 2.47 bits per heavy atom. The van der Waals surface area contributed by atoms with Gasteiger partial charge in [-0.05, 0) is 31.2 Å². The Kier molecular flexibility index (Phi) is 5.40. The van der Waals surface area contributed by atoms with E-state index in [-0.39, 0.29) is 5.56 Å². The summed E-state index contributed by atoms with van der Waals surface area (Å²) in [6.07, 6.45) is 5.80. The van der Waals surface area contributed by atoms with Gasteiger partial charge in [0.05, 0.1) is 24.0 Å². The van der Waals surface area contributed by atoms with Gasteiger partial charge in [-0.3, -0.25) is 14.0 Å². The lowest BCUT2D eigenvalue weighted by molar-refractivity contribution is 0.431. The molecular formula is C23H26N6O. The molecule has 0 saturated carbocycles. The minimum Gasteiger partial charge on any atom is -0.342 e. The van der Waals surface area contributed by atoms with Crippen LogP contribution in [0.5, 0.6) is 0 Å². The van der Waals surface area contributed by atoms with Crippen molar-refractivity contribution in [2.45, 2.75) is 33.2 Å². The fraction of sp³-hybridized carbons (Fsp3) is 0.391. The molecule has 0 amide bonds. The first-order chi connectivity index (χ1) is 14.5. The van der Waals surface area contributed by atoms with Crippen molar-refractivity contribution >= 4 is 11.6 Å². The van der Waals surface area contributed by atoms with Gasteiger partial charge in [0, 0.05) is 38.4 Å². The molecule has 0 aliphatic carbocycles. The summed E-state index contributed by atoms with van der Waals surface area (Å²) in [6.45, 7) is 14.0. The molecule has 1 aliphatic heterocycles. The molecule has 0 radical (unpaired) electrons. The van der Waals surface area contributed by atoms with Gasteiger partial charge in [0.25, 0.3) is 5.56 Å². The Balaban J connectivity index is 1.91. The third-order valence-corrected chi connectivity index (χ3v) is 5.85. The van der Waals surface area contributed by atoms with E-state index in [0.29, 0.717) is 28.8 Å². The standard InChI is InChI=1S/C23H26N6O/c1-5-29-15-18(14-25-29)20-21(17-6-8-19(24-3)9-7-17)26-23(27(4)22(20)30)28-12-10-16(2)11-13-28/h6-9,14-16H,5,10-13H2,1-2,4H3. The summed E-state index contributed by atoms with van der Waals surface area (Å²) in [4.78, 5) is 24.2. The van der Waals surface area contributed by atoms with Crippen molar-refractivity contribution in [1.29, 1.82) is 0 Å². The zero-order chi connectivity index (χ0) is 21.3. The average molecular weight is 403 g/mol. The Hall–Kier alpha value is -3.40. The maximum Gasteiger partial charge on any atom is 0.263 e. The first-order valence-electron chi connectivity index (χ1n) is 10.4. The maximum absolute atomic E-state index is 13.5. The molecule has 7 nitrogen and oxygen atoms in total. The van der Waals surface area contributed by atoms with Gasteiger partial charge in [-0.15, -0.1) is 0 Å². The van der Waals surface area contributed by atoms with E-state index in [1.807, 2.05) is 25.3 Å². The minimum atomic E-state index is -0.0847. The fourth-order valence-electron chi connectivity index (χ4n) is 3.91. The summed E-state index contributed by atoms with van der Waals surface area (Å²) in [5, 5.41) is 4.36. The maximum atomic E-state index is 13.5. The van der Waals surface area contributed by atoms with Crippen LogP contribution in [0.1, 0.15) is 26.7 Å². The topological polar surface area (TPSA) is 60.3 Å². The minimum absolute atomic E-state index is 0.0847. The Morgan fingerprint density at radius 1 is 1.17 bits per heavy atom. The molecule has 7 heteroatoms. The largest absolute Gasteiger partial charge is 0.342 e. The normalized spacial score (nSPS) is 14.7. The SMILES string of the molecule is [C-]#[N+]c1ccc(-c2nc(N3CCC(C)CC3)n(C)c(=O)c2-c2cnn(CC)c2)cc1. The predicted octanol–water partition coefficient (Wildman–Crippen LogP) is 4.12. The van der Waals surface area contributed by atoms with Crippen molar-refractivity contribution in [3.8, 4) is 22.4 Å². The monoisotopic (exact) mass is 402 g/mol. The molecule has 0 bridgehead atoms. The second-order valence-electron chi connectivity index (χ2n) is 7.91. The first kappa shape index (κ1) is 19.9. The summed E-state index contributed by atoms with van der Waals surface area (Å²) in [5.74, 6) is 1.39. The lowest BCUT2D eigenvalue weighted by Gasteiger charge is -2.32. The Bertz CT molecular complexity index is 1140. The summed E-state index contributed by atoms with van der Waals surface area (Å²) in [6, 6.07) is 7.27. The van der Waals surface area contributed by atoms with Crippen LogP contribution in [0.3, 0.4) is 0 Å². The van der Waals surface area contributed by atoms with Crippen LogP contribution in [0.4, 0.5) is 11.6 Å². The van der Waals surface area contributed by atoms with Crippen LogP contribution in [0.2, 0.25) is 0 Å². The van der Waals surface area contributed by atoms with E-state index in [0.717, 1.165) is 43.6 Å². The van der Waals surface area contributed by atoms with Crippen LogP contribution in [-0.4, -0.2) is 32.4 Å². The van der Waals surface area contributed by atoms with Gasteiger partial charge < -0.3 is 4.90 Å². The summed E-state index contributed by atoms with van der Waals surface area (Å²) < 4.78 is 3.46. The molecular weight excluding hydrogens is 376 g/mol. The molecule has 3 heterocycles. The quantitative estimate of drug-likeness (QED) is 0.616. The van der Waals surface area contributed by atoms with Crippen LogP contribution in [0, 0.1) is 12.5 Å². The summed E-state index contributed by atoms with van der Waals surface area (Å²) in [7, 11) is 1.79. The molecule has 154 valence electrons. The smallest absolute Gasteiger partial charge is 0.263 e. The lowest BCUT2D eigenvalue weighted by Crippen LogP contribution is -2.38. The molecule has 0 unspecified atom stereocenters. The van der Waals surface area contributed by atoms with E-state index < -0.39 is 0 Å². The molecule has 30 heavy (non-hydrogen) atoms. The molecule has 0 N–H and O–H groups in total. The zero-order valence-electron chi connectivity index (χ0n) is 17.7. The van der Waals surface area contributed by atoms with Crippen molar-refractivity contribution in [2.75, 3.05) is 18.0 Å². The van der Waals surface area contributed by atoms with Crippen LogP contribution < -0.4 is 10.5 Å². The molecule has 2 aromatic heterocycles. The van der Waals surface area contributed by atoms with Crippen molar-refractivity contribution < 1.29 is 0 Å². The number of rotatable bonds is 4. The highest BCUT2D eigenvalue weighted by Gasteiger charge is 2.24. The van der Waals surface area contributed by atoms with Gasteiger partial charge >= 0.3 is 0 Å². The third-order valence-electron chi connectivity index (χ3n) is 5.85. The van der Waals surface area contributed by atoms with Gasteiger partial charge in [-0.1, -0.05) is 31.2 Å². The number of aryl methyl sites for hydroxylation is 1. The molecule has 1 aliphatic rings. The van der Waals surface area contributed by atoms with E-state index >= 15 is 0 Å². The number of hydrogen-bond acceptors (Lipinski definition) is 4.